The first-order valence-electron chi connectivity index (χ1n) is 9.58. The van der Waals surface area contributed by atoms with Crippen molar-refractivity contribution in [1.82, 2.24) is 0 Å². The zero-order valence-corrected chi connectivity index (χ0v) is 14.9. The van der Waals surface area contributed by atoms with Crippen LogP contribution in [0, 0.1) is 35.3 Å². The zero-order valence-electron chi connectivity index (χ0n) is 14.9. The lowest BCUT2D eigenvalue weighted by Crippen LogP contribution is -2.26. The predicted octanol–water partition coefficient (Wildman–Crippen LogP) is 5.56. The highest BCUT2D eigenvalue weighted by Crippen LogP contribution is 2.42. The molecule has 1 aromatic carbocycles. The number of halogens is 2. The maximum absolute atomic E-state index is 14.1. The standard InChI is InChI=1S/C21H29F2NO/c1-2-14-3-7-16(8-4-14)17-9-5-15(6-10-17)13-18-11-12-19(25-24)21(23)20(18)22/h2,11-12,14-17H,1,3-10,13,24H2. The Hall–Kier alpha value is -1.42. The lowest BCUT2D eigenvalue weighted by Gasteiger charge is -2.37. The summed E-state index contributed by atoms with van der Waals surface area (Å²) in [6.45, 7) is 3.92. The monoisotopic (exact) mass is 349 g/mol. The molecule has 0 radical (unpaired) electrons. The summed E-state index contributed by atoms with van der Waals surface area (Å²) in [5.74, 6) is 5.75. The van der Waals surface area contributed by atoms with E-state index in [4.69, 9.17) is 5.90 Å². The average Bonchev–Trinajstić information content (AvgIpc) is 2.66. The van der Waals surface area contributed by atoms with E-state index >= 15 is 0 Å². The van der Waals surface area contributed by atoms with Gasteiger partial charge in [-0.25, -0.2) is 4.39 Å². The van der Waals surface area contributed by atoms with E-state index in [1.807, 2.05) is 0 Å². The molecular formula is C21H29F2NO. The largest absolute Gasteiger partial charge is 0.408 e. The van der Waals surface area contributed by atoms with Crippen molar-refractivity contribution in [2.45, 2.75) is 57.8 Å². The fourth-order valence-corrected chi connectivity index (χ4v) is 4.85. The molecule has 0 saturated heterocycles. The molecule has 3 rings (SSSR count). The van der Waals surface area contributed by atoms with Gasteiger partial charge in [-0.3, -0.25) is 0 Å². The molecule has 25 heavy (non-hydrogen) atoms. The molecule has 0 aliphatic heterocycles. The summed E-state index contributed by atoms with van der Waals surface area (Å²) < 4.78 is 27.9. The molecule has 2 aliphatic carbocycles. The van der Waals surface area contributed by atoms with Gasteiger partial charge in [0.2, 0.25) is 5.82 Å². The van der Waals surface area contributed by atoms with Crippen LogP contribution < -0.4 is 10.7 Å². The van der Waals surface area contributed by atoms with Crippen molar-refractivity contribution in [3.8, 4) is 5.75 Å². The smallest absolute Gasteiger partial charge is 0.203 e. The fraction of sp³-hybridized carbons (Fsp3) is 0.619. The molecular weight excluding hydrogens is 320 g/mol. The minimum absolute atomic E-state index is 0.236. The van der Waals surface area contributed by atoms with Crippen LogP contribution in [0.4, 0.5) is 8.78 Å². The highest BCUT2D eigenvalue weighted by Gasteiger charge is 2.30. The molecule has 0 aromatic heterocycles. The number of hydrogen-bond acceptors (Lipinski definition) is 2. The third-order valence-corrected chi connectivity index (χ3v) is 6.47. The van der Waals surface area contributed by atoms with Gasteiger partial charge >= 0.3 is 0 Å². The molecule has 0 amide bonds. The second-order valence-electron chi connectivity index (χ2n) is 7.86. The Morgan fingerprint density at radius 1 is 0.960 bits per heavy atom. The Labute approximate surface area is 149 Å². The summed E-state index contributed by atoms with van der Waals surface area (Å²) in [5, 5.41) is 0. The lowest BCUT2D eigenvalue weighted by atomic mass is 9.68. The molecule has 1 aromatic rings. The van der Waals surface area contributed by atoms with E-state index in [9.17, 15) is 8.78 Å². The second kappa shape index (κ2) is 8.31. The quantitative estimate of drug-likeness (QED) is 0.558. The second-order valence-corrected chi connectivity index (χ2v) is 7.86. The fourth-order valence-electron chi connectivity index (χ4n) is 4.85. The zero-order chi connectivity index (χ0) is 17.8. The van der Waals surface area contributed by atoms with Crippen LogP contribution in [0.3, 0.4) is 0 Å². The molecule has 138 valence electrons. The van der Waals surface area contributed by atoms with E-state index < -0.39 is 11.6 Å². The first-order valence-corrected chi connectivity index (χ1v) is 9.58. The summed E-state index contributed by atoms with van der Waals surface area (Å²) in [4.78, 5) is 4.35. The SMILES string of the molecule is C=CC1CCC(C2CCC(Cc3ccc(ON)c(F)c3F)CC2)CC1. The van der Waals surface area contributed by atoms with Crippen molar-refractivity contribution >= 4 is 0 Å². The van der Waals surface area contributed by atoms with Crippen LogP contribution in [0.5, 0.6) is 5.75 Å². The minimum atomic E-state index is -0.979. The molecule has 2 N–H and O–H groups in total. The topological polar surface area (TPSA) is 35.2 Å². The van der Waals surface area contributed by atoms with Crippen LogP contribution in [0.2, 0.25) is 0 Å². The Morgan fingerprint density at radius 3 is 2.12 bits per heavy atom. The predicted molar refractivity (Wildman–Crippen MR) is 96.0 cm³/mol. The van der Waals surface area contributed by atoms with E-state index in [0.29, 0.717) is 23.8 Å². The van der Waals surface area contributed by atoms with Crippen LogP contribution in [0.1, 0.15) is 56.9 Å². The summed E-state index contributed by atoms with van der Waals surface area (Å²) >= 11 is 0. The number of hydrogen-bond donors (Lipinski definition) is 1. The molecule has 0 atom stereocenters. The van der Waals surface area contributed by atoms with Gasteiger partial charge in [-0.2, -0.15) is 10.3 Å². The summed E-state index contributed by atoms with van der Waals surface area (Å²) in [6.07, 6.45) is 12.6. The van der Waals surface area contributed by atoms with Crippen molar-refractivity contribution in [1.29, 1.82) is 0 Å². The number of benzene rings is 1. The van der Waals surface area contributed by atoms with Crippen LogP contribution >= 0.6 is 0 Å². The van der Waals surface area contributed by atoms with Gasteiger partial charge in [-0.05, 0) is 93.1 Å². The molecule has 2 nitrogen and oxygen atoms in total. The summed E-state index contributed by atoms with van der Waals surface area (Å²) in [6, 6.07) is 3.01. The Balaban J connectivity index is 1.51. The maximum atomic E-state index is 14.1. The molecule has 0 unspecified atom stereocenters. The number of rotatable bonds is 5. The summed E-state index contributed by atoms with van der Waals surface area (Å²) in [5.41, 5.74) is 0.438. The Morgan fingerprint density at radius 2 is 1.56 bits per heavy atom. The van der Waals surface area contributed by atoms with E-state index in [1.165, 1.54) is 44.6 Å². The number of nitrogens with two attached hydrogens (primary N) is 1. The third kappa shape index (κ3) is 4.22. The van der Waals surface area contributed by atoms with Gasteiger partial charge in [0.05, 0.1) is 0 Å². The Kier molecular flexibility index (Phi) is 6.10. The van der Waals surface area contributed by atoms with Crippen molar-refractivity contribution < 1.29 is 13.6 Å². The van der Waals surface area contributed by atoms with Crippen molar-refractivity contribution in [2.75, 3.05) is 0 Å². The molecule has 2 aliphatic rings. The molecule has 0 heterocycles. The molecule has 4 heteroatoms. The van der Waals surface area contributed by atoms with E-state index in [2.05, 4.69) is 17.5 Å². The van der Waals surface area contributed by atoms with Crippen LogP contribution in [-0.4, -0.2) is 0 Å². The summed E-state index contributed by atoms with van der Waals surface area (Å²) in [7, 11) is 0. The molecule has 2 saturated carbocycles. The highest BCUT2D eigenvalue weighted by atomic mass is 19.2. The molecule has 2 fully saturated rings. The van der Waals surface area contributed by atoms with E-state index in [-0.39, 0.29) is 5.75 Å². The minimum Gasteiger partial charge on any atom is -0.408 e. The number of allylic oxidation sites excluding steroid dienone is 1. The van der Waals surface area contributed by atoms with Crippen molar-refractivity contribution in [3.63, 3.8) is 0 Å². The van der Waals surface area contributed by atoms with E-state index in [1.54, 1.807) is 6.07 Å². The molecule has 0 spiro atoms. The maximum Gasteiger partial charge on any atom is 0.203 e. The third-order valence-electron chi connectivity index (χ3n) is 6.47. The highest BCUT2D eigenvalue weighted by molar-refractivity contribution is 5.31. The van der Waals surface area contributed by atoms with Gasteiger partial charge in [0.15, 0.2) is 11.6 Å². The first kappa shape index (κ1) is 18.4. The van der Waals surface area contributed by atoms with Gasteiger partial charge < -0.3 is 4.84 Å². The van der Waals surface area contributed by atoms with Crippen molar-refractivity contribution in [2.24, 2.45) is 29.6 Å². The Bertz CT molecular complexity index is 588. The first-order chi connectivity index (χ1) is 12.1. The molecule has 0 bridgehead atoms. The average molecular weight is 349 g/mol. The lowest BCUT2D eigenvalue weighted by molar-refractivity contribution is 0.155. The van der Waals surface area contributed by atoms with Gasteiger partial charge in [0.1, 0.15) is 0 Å². The normalized spacial score (nSPS) is 30.0. The van der Waals surface area contributed by atoms with Gasteiger partial charge in [-0.1, -0.05) is 12.1 Å². The van der Waals surface area contributed by atoms with E-state index in [0.717, 1.165) is 24.7 Å². The van der Waals surface area contributed by atoms with Crippen LogP contribution in [0.25, 0.3) is 0 Å². The van der Waals surface area contributed by atoms with Gasteiger partial charge in [-0.15, -0.1) is 6.58 Å². The van der Waals surface area contributed by atoms with Gasteiger partial charge in [0.25, 0.3) is 0 Å². The van der Waals surface area contributed by atoms with Crippen molar-refractivity contribution in [3.05, 3.63) is 42.0 Å². The van der Waals surface area contributed by atoms with Crippen LogP contribution in [-0.2, 0) is 6.42 Å². The van der Waals surface area contributed by atoms with Gasteiger partial charge in [0, 0.05) is 0 Å². The van der Waals surface area contributed by atoms with Crippen LogP contribution in [0.15, 0.2) is 24.8 Å².